The summed E-state index contributed by atoms with van der Waals surface area (Å²) in [7, 11) is 0. The standard InChI is InChI=1S/C13H16ClN3S/c1-4-17(8-11-6-5-7-18-11)13-12(14)15-9(2)10(3)16-13/h5-7H,4,8H2,1-3H3. The van der Waals surface area contributed by atoms with Crippen LogP contribution in [0.3, 0.4) is 0 Å². The molecule has 18 heavy (non-hydrogen) atoms. The van der Waals surface area contributed by atoms with E-state index in [9.17, 15) is 0 Å². The fourth-order valence-electron chi connectivity index (χ4n) is 1.69. The van der Waals surface area contributed by atoms with Gasteiger partial charge < -0.3 is 4.90 Å². The van der Waals surface area contributed by atoms with Gasteiger partial charge in [0.1, 0.15) is 0 Å². The molecule has 96 valence electrons. The van der Waals surface area contributed by atoms with Gasteiger partial charge >= 0.3 is 0 Å². The first-order valence-electron chi connectivity index (χ1n) is 5.90. The van der Waals surface area contributed by atoms with E-state index in [-0.39, 0.29) is 0 Å². The van der Waals surface area contributed by atoms with E-state index >= 15 is 0 Å². The Morgan fingerprint density at radius 3 is 2.61 bits per heavy atom. The van der Waals surface area contributed by atoms with Gasteiger partial charge in [0.25, 0.3) is 0 Å². The van der Waals surface area contributed by atoms with Crippen molar-refractivity contribution in [1.82, 2.24) is 9.97 Å². The highest BCUT2D eigenvalue weighted by Crippen LogP contribution is 2.25. The van der Waals surface area contributed by atoms with Crippen molar-refractivity contribution >= 4 is 28.8 Å². The summed E-state index contributed by atoms with van der Waals surface area (Å²) in [6, 6.07) is 4.18. The number of hydrogen-bond acceptors (Lipinski definition) is 4. The average molecular weight is 282 g/mol. The molecule has 0 spiro atoms. The van der Waals surface area contributed by atoms with Gasteiger partial charge in [0.15, 0.2) is 11.0 Å². The van der Waals surface area contributed by atoms with E-state index in [0.717, 1.165) is 30.3 Å². The summed E-state index contributed by atoms with van der Waals surface area (Å²) in [5, 5.41) is 2.56. The molecule has 0 saturated heterocycles. The number of anilines is 1. The highest BCUT2D eigenvalue weighted by molar-refractivity contribution is 7.09. The number of aromatic nitrogens is 2. The third-order valence-electron chi connectivity index (χ3n) is 2.86. The van der Waals surface area contributed by atoms with Crippen molar-refractivity contribution in [3.63, 3.8) is 0 Å². The second kappa shape index (κ2) is 5.67. The maximum atomic E-state index is 6.20. The van der Waals surface area contributed by atoms with Crippen LogP contribution in [0.25, 0.3) is 0 Å². The minimum atomic E-state index is 0.483. The Kier molecular flexibility index (Phi) is 4.19. The third-order valence-corrected chi connectivity index (χ3v) is 3.97. The quantitative estimate of drug-likeness (QED) is 0.853. The second-order valence-electron chi connectivity index (χ2n) is 4.10. The minimum absolute atomic E-state index is 0.483. The number of halogens is 1. The van der Waals surface area contributed by atoms with E-state index in [0.29, 0.717) is 5.15 Å². The largest absolute Gasteiger partial charge is 0.349 e. The van der Waals surface area contributed by atoms with Gasteiger partial charge in [-0.1, -0.05) is 17.7 Å². The summed E-state index contributed by atoms with van der Waals surface area (Å²) in [4.78, 5) is 12.3. The first-order chi connectivity index (χ1) is 8.61. The van der Waals surface area contributed by atoms with Crippen LogP contribution in [0.5, 0.6) is 0 Å². The molecule has 2 aromatic heterocycles. The molecular formula is C13H16ClN3S. The first kappa shape index (κ1) is 13.3. The van der Waals surface area contributed by atoms with E-state index in [1.165, 1.54) is 4.88 Å². The Morgan fingerprint density at radius 2 is 2.00 bits per heavy atom. The number of nitrogens with zero attached hydrogens (tertiary/aromatic N) is 3. The molecule has 2 rings (SSSR count). The van der Waals surface area contributed by atoms with Gasteiger partial charge in [-0.25, -0.2) is 9.97 Å². The Morgan fingerprint density at radius 1 is 1.28 bits per heavy atom. The first-order valence-corrected chi connectivity index (χ1v) is 7.15. The van der Waals surface area contributed by atoms with Crippen LogP contribution in [0.1, 0.15) is 23.2 Å². The van der Waals surface area contributed by atoms with Crippen molar-refractivity contribution in [2.75, 3.05) is 11.4 Å². The fourth-order valence-corrected chi connectivity index (χ4v) is 2.70. The molecule has 0 atom stereocenters. The van der Waals surface area contributed by atoms with Crippen LogP contribution < -0.4 is 4.90 Å². The van der Waals surface area contributed by atoms with Crippen LogP contribution in [-0.4, -0.2) is 16.5 Å². The molecule has 0 aliphatic heterocycles. The van der Waals surface area contributed by atoms with Crippen LogP contribution >= 0.6 is 22.9 Å². The molecule has 0 amide bonds. The van der Waals surface area contributed by atoms with Crippen LogP contribution in [0, 0.1) is 13.8 Å². The molecule has 0 saturated carbocycles. The molecule has 5 heteroatoms. The molecule has 0 aliphatic rings. The molecule has 0 radical (unpaired) electrons. The fraction of sp³-hybridized carbons (Fsp3) is 0.385. The Bertz CT molecular complexity index is 525. The molecule has 0 N–H and O–H groups in total. The smallest absolute Gasteiger partial charge is 0.171 e. The lowest BCUT2D eigenvalue weighted by atomic mass is 10.3. The lowest BCUT2D eigenvalue weighted by Gasteiger charge is -2.22. The zero-order valence-electron chi connectivity index (χ0n) is 10.8. The summed E-state index contributed by atoms with van der Waals surface area (Å²) < 4.78 is 0. The Balaban J connectivity index is 2.30. The van der Waals surface area contributed by atoms with Gasteiger partial charge in [0, 0.05) is 11.4 Å². The van der Waals surface area contributed by atoms with Gasteiger partial charge in [-0.15, -0.1) is 11.3 Å². The topological polar surface area (TPSA) is 29.0 Å². The van der Waals surface area contributed by atoms with Crippen LogP contribution in [-0.2, 0) is 6.54 Å². The predicted molar refractivity (Wildman–Crippen MR) is 77.6 cm³/mol. The summed E-state index contributed by atoms with van der Waals surface area (Å²) in [5.41, 5.74) is 1.81. The lowest BCUT2D eigenvalue weighted by molar-refractivity contribution is 0.811. The Labute approximate surface area is 116 Å². The molecule has 2 heterocycles. The Hall–Kier alpha value is -1.13. The second-order valence-corrected chi connectivity index (χ2v) is 5.49. The third kappa shape index (κ3) is 2.82. The summed E-state index contributed by atoms with van der Waals surface area (Å²) >= 11 is 7.94. The van der Waals surface area contributed by atoms with Crippen LogP contribution in [0.4, 0.5) is 5.82 Å². The highest BCUT2D eigenvalue weighted by atomic mass is 35.5. The van der Waals surface area contributed by atoms with E-state index in [1.807, 2.05) is 13.8 Å². The van der Waals surface area contributed by atoms with E-state index < -0.39 is 0 Å². The van der Waals surface area contributed by atoms with Crippen molar-refractivity contribution in [3.8, 4) is 0 Å². The molecular weight excluding hydrogens is 266 g/mol. The molecule has 0 unspecified atom stereocenters. The number of thiophene rings is 1. The number of aryl methyl sites for hydroxylation is 2. The molecule has 2 aromatic rings. The average Bonchev–Trinajstić information content (AvgIpc) is 2.84. The van der Waals surface area contributed by atoms with Gasteiger partial charge in [-0.05, 0) is 32.2 Å². The summed E-state index contributed by atoms with van der Waals surface area (Å²) in [6.07, 6.45) is 0. The van der Waals surface area contributed by atoms with Crippen molar-refractivity contribution < 1.29 is 0 Å². The SMILES string of the molecule is CCN(Cc1cccs1)c1nc(C)c(C)nc1Cl. The highest BCUT2D eigenvalue weighted by Gasteiger charge is 2.14. The van der Waals surface area contributed by atoms with Gasteiger partial charge in [-0.2, -0.15) is 0 Å². The van der Waals surface area contributed by atoms with Crippen molar-refractivity contribution in [3.05, 3.63) is 38.9 Å². The maximum absolute atomic E-state index is 6.20. The van der Waals surface area contributed by atoms with Gasteiger partial charge in [0.2, 0.25) is 0 Å². The van der Waals surface area contributed by atoms with Crippen LogP contribution in [0.15, 0.2) is 17.5 Å². The normalized spacial score (nSPS) is 10.7. The molecule has 0 fully saturated rings. The van der Waals surface area contributed by atoms with Gasteiger partial charge in [0.05, 0.1) is 17.9 Å². The van der Waals surface area contributed by atoms with Crippen molar-refractivity contribution in [1.29, 1.82) is 0 Å². The van der Waals surface area contributed by atoms with E-state index in [1.54, 1.807) is 11.3 Å². The monoisotopic (exact) mass is 281 g/mol. The van der Waals surface area contributed by atoms with E-state index in [4.69, 9.17) is 11.6 Å². The number of rotatable bonds is 4. The van der Waals surface area contributed by atoms with Crippen LogP contribution in [0.2, 0.25) is 5.15 Å². The van der Waals surface area contributed by atoms with Crippen molar-refractivity contribution in [2.24, 2.45) is 0 Å². The molecule has 0 aliphatic carbocycles. The summed E-state index contributed by atoms with van der Waals surface area (Å²) in [5.74, 6) is 0.774. The summed E-state index contributed by atoms with van der Waals surface area (Å²) in [6.45, 7) is 7.66. The maximum Gasteiger partial charge on any atom is 0.171 e. The molecule has 0 aromatic carbocycles. The molecule has 0 bridgehead atoms. The minimum Gasteiger partial charge on any atom is -0.349 e. The zero-order chi connectivity index (χ0) is 13.1. The lowest BCUT2D eigenvalue weighted by Crippen LogP contribution is -2.23. The molecule has 3 nitrogen and oxygen atoms in total. The van der Waals surface area contributed by atoms with E-state index in [2.05, 4.69) is 39.3 Å². The number of hydrogen-bond donors (Lipinski definition) is 0. The van der Waals surface area contributed by atoms with Crippen molar-refractivity contribution in [2.45, 2.75) is 27.3 Å². The van der Waals surface area contributed by atoms with Gasteiger partial charge in [-0.3, -0.25) is 0 Å². The zero-order valence-corrected chi connectivity index (χ0v) is 12.3. The predicted octanol–water partition coefficient (Wildman–Crippen LogP) is 3.83.